The van der Waals surface area contributed by atoms with Crippen LogP contribution in [0.4, 0.5) is 0 Å². The maximum Gasteiger partial charge on any atom is 0.287 e. The minimum absolute atomic E-state index is 0.0655. The van der Waals surface area contributed by atoms with Crippen molar-refractivity contribution in [3.8, 4) is 0 Å². The Balaban J connectivity index is 1.89. The third-order valence-electron chi connectivity index (χ3n) is 3.93. The molecule has 0 fully saturated rings. The number of hydrogen-bond donors (Lipinski definition) is 1. The predicted octanol–water partition coefficient (Wildman–Crippen LogP) is 3.17. The number of nitrogens with one attached hydrogen (secondary N) is 1. The number of thiophene rings is 1. The number of nitrogens with zero attached hydrogens (tertiary/aromatic N) is 1. The lowest BCUT2D eigenvalue weighted by Gasteiger charge is -2.28. The van der Waals surface area contributed by atoms with Gasteiger partial charge in [0.2, 0.25) is 0 Å². The molecule has 1 unspecified atom stereocenters. The van der Waals surface area contributed by atoms with Gasteiger partial charge in [-0.1, -0.05) is 11.6 Å². The maximum atomic E-state index is 12.1. The van der Waals surface area contributed by atoms with Crippen molar-refractivity contribution in [2.24, 2.45) is 10.9 Å². The molecule has 0 radical (unpaired) electrons. The minimum Gasteiger partial charge on any atom is -0.325 e. The zero-order valence-electron chi connectivity index (χ0n) is 12.6. The van der Waals surface area contributed by atoms with E-state index in [2.05, 4.69) is 10.3 Å². The van der Waals surface area contributed by atoms with Gasteiger partial charge >= 0.3 is 0 Å². The van der Waals surface area contributed by atoms with Crippen LogP contribution in [-0.4, -0.2) is 17.5 Å². The van der Waals surface area contributed by atoms with E-state index in [1.807, 2.05) is 44.4 Å². The lowest BCUT2D eigenvalue weighted by Crippen LogP contribution is -2.35. The van der Waals surface area contributed by atoms with E-state index < -0.39 is 0 Å². The first-order chi connectivity index (χ1) is 10.5. The predicted molar refractivity (Wildman–Crippen MR) is 88.1 cm³/mol. The fourth-order valence-corrected chi connectivity index (χ4v) is 3.29. The second-order valence-electron chi connectivity index (χ2n) is 5.53. The second-order valence-corrected chi connectivity index (χ2v) is 6.44. The lowest BCUT2D eigenvalue weighted by atomic mass is 9.85. The molecule has 1 aliphatic heterocycles. The number of allylic oxidation sites excluding steroid dienone is 3. The van der Waals surface area contributed by atoms with Crippen molar-refractivity contribution in [2.75, 3.05) is 0 Å². The summed E-state index contributed by atoms with van der Waals surface area (Å²) in [5.41, 5.74) is 4.18. The highest BCUT2D eigenvalue weighted by Crippen LogP contribution is 2.30. The summed E-state index contributed by atoms with van der Waals surface area (Å²) < 4.78 is 0. The van der Waals surface area contributed by atoms with Gasteiger partial charge in [0.05, 0.1) is 10.6 Å². The van der Waals surface area contributed by atoms with Crippen molar-refractivity contribution in [1.82, 2.24) is 5.32 Å². The van der Waals surface area contributed by atoms with E-state index in [9.17, 15) is 9.59 Å². The minimum atomic E-state index is -0.251. The second kappa shape index (κ2) is 5.50. The van der Waals surface area contributed by atoms with Crippen LogP contribution in [-0.2, 0) is 4.79 Å². The molecule has 3 rings (SSSR count). The molecule has 0 saturated carbocycles. The van der Waals surface area contributed by atoms with E-state index in [-0.39, 0.29) is 17.7 Å². The van der Waals surface area contributed by atoms with Crippen LogP contribution in [0.3, 0.4) is 0 Å². The molecule has 2 amide bonds. The topological polar surface area (TPSA) is 58.5 Å². The van der Waals surface area contributed by atoms with Crippen molar-refractivity contribution in [3.63, 3.8) is 0 Å². The summed E-state index contributed by atoms with van der Waals surface area (Å²) in [5, 5.41) is 4.80. The average molecular weight is 312 g/mol. The van der Waals surface area contributed by atoms with Gasteiger partial charge in [-0.05, 0) is 49.9 Å². The van der Waals surface area contributed by atoms with Gasteiger partial charge in [0, 0.05) is 17.2 Å². The van der Waals surface area contributed by atoms with Crippen molar-refractivity contribution in [2.45, 2.75) is 20.8 Å². The average Bonchev–Trinajstić information content (AvgIpc) is 2.91. The Morgan fingerprint density at radius 2 is 2.09 bits per heavy atom. The number of aliphatic imine (C=N–C) groups is 1. The Hall–Kier alpha value is -2.27. The van der Waals surface area contributed by atoms with Gasteiger partial charge in [-0.2, -0.15) is 0 Å². The first-order valence-electron chi connectivity index (χ1n) is 7.02. The summed E-state index contributed by atoms with van der Waals surface area (Å²) in [6.07, 6.45) is 5.58. The van der Waals surface area contributed by atoms with Crippen LogP contribution in [0, 0.1) is 12.8 Å². The van der Waals surface area contributed by atoms with E-state index in [1.54, 1.807) is 6.08 Å². The summed E-state index contributed by atoms with van der Waals surface area (Å²) in [6.45, 7) is 5.72. The van der Waals surface area contributed by atoms with Crippen LogP contribution in [0.2, 0.25) is 0 Å². The van der Waals surface area contributed by atoms with Gasteiger partial charge in [0.15, 0.2) is 0 Å². The molecule has 112 valence electrons. The molecule has 4 nitrogen and oxygen atoms in total. The van der Waals surface area contributed by atoms with Crippen molar-refractivity contribution < 1.29 is 9.59 Å². The van der Waals surface area contributed by atoms with E-state index >= 15 is 0 Å². The summed E-state index contributed by atoms with van der Waals surface area (Å²) >= 11 is 1.39. The monoisotopic (exact) mass is 312 g/mol. The first kappa shape index (κ1) is 14.7. The van der Waals surface area contributed by atoms with Crippen LogP contribution in [0.25, 0.3) is 0 Å². The third-order valence-corrected chi connectivity index (χ3v) is 4.96. The highest BCUT2D eigenvalue weighted by atomic mass is 32.1. The number of rotatable bonds is 1. The molecule has 1 aliphatic carbocycles. The number of carbonyl (C=O) groups is 2. The molecule has 2 heterocycles. The van der Waals surface area contributed by atoms with E-state index in [1.165, 1.54) is 11.3 Å². The highest BCUT2D eigenvalue weighted by Gasteiger charge is 2.27. The molecule has 22 heavy (non-hydrogen) atoms. The van der Waals surface area contributed by atoms with E-state index in [0.29, 0.717) is 10.6 Å². The van der Waals surface area contributed by atoms with Gasteiger partial charge in [0.25, 0.3) is 11.8 Å². The first-order valence-corrected chi connectivity index (χ1v) is 7.90. The molecule has 5 heteroatoms. The van der Waals surface area contributed by atoms with Crippen LogP contribution in [0.15, 0.2) is 51.5 Å². The quantitative estimate of drug-likeness (QED) is 0.866. The molecule has 1 aromatic rings. The Labute approximate surface area is 133 Å². The number of amides is 2. The summed E-state index contributed by atoms with van der Waals surface area (Å²) in [5.74, 6) is -0.274. The summed E-state index contributed by atoms with van der Waals surface area (Å²) in [4.78, 5) is 28.8. The summed E-state index contributed by atoms with van der Waals surface area (Å²) in [7, 11) is 0. The molecule has 0 saturated heterocycles. The van der Waals surface area contributed by atoms with E-state index in [0.717, 1.165) is 22.4 Å². The van der Waals surface area contributed by atoms with Gasteiger partial charge in [-0.3, -0.25) is 9.59 Å². The zero-order chi connectivity index (χ0) is 15.9. The number of hydrogen-bond acceptors (Lipinski definition) is 3. The molecule has 2 aliphatic rings. The smallest absolute Gasteiger partial charge is 0.287 e. The van der Waals surface area contributed by atoms with Gasteiger partial charge < -0.3 is 5.32 Å². The fraction of sp³-hybridized carbons (Fsp3) is 0.235. The third kappa shape index (κ3) is 2.60. The molecule has 0 aromatic carbocycles. The van der Waals surface area contributed by atoms with Crippen LogP contribution >= 0.6 is 11.3 Å². The zero-order valence-corrected chi connectivity index (χ0v) is 13.5. The number of fused-ring (bicyclic) bond motifs is 1. The van der Waals surface area contributed by atoms with Crippen molar-refractivity contribution >= 4 is 28.9 Å². The van der Waals surface area contributed by atoms with E-state index in [4.69, 9.17) is 0 Å². The molecular weight excluding hydrogens is 296 g/mol. The number of carbonyl (C=O) groups excluding carboxylic acids is 2. The van der Waals surface area contributed by atoms with Crippen molar-refractivity contribution in [1.29, 1.82) is 0 Å². The summed E-state index contributed by atoms with van der Waals surface area (Å²) in [6, 6.07) is 1.83. The van der Waals surface area contributed by atoms with Gasteiger partial charge in [-0.25, -0.2) is 4.99 Å². The Bertz CT molecular complexity index is 793. The van der Waals surface area contributed by atoms with Crippen LogP contribution in [0.5, 0.6) is 0 Å². The molecular formula is C17H16N2O2S. The number of aryl methyl sites for hydroxylation is 1. The molecule has 0 bridgehead atoms. The Morgan fingerprint density at radius 1 is 1.32 bits per heavy atom. The molecule has 1 aromatic heterocycles. The standard InChI is InChI=1S/C17H16N2O2S/c1-9-6-15(22-8-9)17(21)18-12-4-5-13-10(2)11(3)16(20)19-14(13)7-12/h4-8,13H,1-3H3,(H,19,20). The van der Waals surface area contributed by atoms with Crippen LogP contribution < -0.4 is 5.32 Å². The normalized spacial score (nSPS) is 22.5. The van der Waals surface area contributed by atoms with Crippen LogP contribution in [0.1, 0.15) is 29.1 Å². The highest BCUT2D eigenvalue weighted by molar-refractivity contribution is 7.12. The lowest BCUT2D eigenvalue weighted by molar-refractivity contribution is -0.117. The molecule has 1 N–H and O–H groups in total. The molecule has 1 atom stereocenters. The molecule has 0 spiro atoms. The van der Waals surface area contributed by atoms with Gasteiger partial charge in [-0.15, -0.1) is 11.3 Å². The van der Waals surface area contributed by atoms with Crippen molar-refractivity contribution in [3.05, 3.63) is 57.0 Å². The maximum absolute atomic E-state index is 12.1. The SMILES string of the molecule is CC1=C(C)C2C=CC(=NC(=O)c3cc(C)cs3)C=C2NC1=O. The Morgan fingerprint density at radius 3 is 2.77 bits per heavy atom. The largest absolute Gasteiger partial charge is 0.325 e. The van der Waals surface area contributed by atoms with Gasteiger partial charge in [0.1, 0.15) is 0 Å². The Kier molecular flexibility index (Phi) is 3.66. The fourth-order valence-electron chi connectivity index (χ4n) is 2.51.